The van der Waals surface area contributed by atoms with E-state index in [2.05, 4.69) is 0 Å². The van der Waals surface area contributed by atoms with Gasteiger partial charge in [-0.15, -0.1) is 0 Å². The molecule has 0 rings (SSSR count). The normalized spacial score (nSPS) is 3.00. The van der Waals surface area contributed by atoms with Gasteiger partial charge in [-0.25, -0.2) is 0 Å². The Kier molecular flexibility index (Phi) is 120. The van der Waals surface area contributed by atoms with Gasteiger partial charge in [-0.3, -0.25) is 0 Å². The molecular formula is H3BNa5O3+5. The van der Waals surface area contributed by atoms with Gasteiger partial charge in [-0.1, -0.05) is 0 Å². The van der Waals surface area contributed by atoms with E-state index in [1.54, 1.807) is 0 Å². The Morgan fingerprint density at radius 1 is 0.556 bits per heavy atom. The molecule has 0 atom stereocenters. The second-order valence-electron chi connectivity index (χ2n) is 0.346. The molecule has 0 aromatic heterocycles. The van der Waals surface area contributed by atoms with Crippen molar-refractivity contribution in [1.82, 2.24) is 0 Å². The predicted molar refractivity (Wildman–Crippen MR) is 12.4 cm³/mol. The Bertz CT molecular complexity index is 16.9. The number of hydrogen-bond donors (Lipinski definition) is 3. The monoisotopic (exact) mass is 177 g/mol. The van der Waals surface area contributed by atoms with Crippen molar-refractivity contribution >= 4 is 7.32 Å². The van der Waals surface area contributed by atoms with Crippen LogP contribution < -0.4 is 148 Å². The fourth-order valence-corrected chi connectivity index (χ4v) is 0. The Balaban J connectivity index is -0.00000000450. The Morgan fingerprint density at radius 2 is 0.556 bits per heavy atom. The van der Waals surface area contributed by atoms with Crippen molar-refractivity contribution in [2.75, 3.05) is 0 Å². The van der Waals surface area contributed by atoms with Gasteiger partial charge in [0.1, 0.15) is 0 Å². The van der Waals surface area contributed by atoms with E-state index in [1.165, 1.54) is 0 Å². The zero-order chi connectivity index (χ0) is 3.58. The standard InChI is InChI=1S/BH3O3.5Na/c2-1(3)4;;;;;/h2-4H;;;;;/q;5*+1. The minimum Gasteiger partial charge on any atom is -0.402 e. The average Bonchev–Trinajstić information content (AvgIpc) is 0.811. The predicted octanol–water partition coefficient (Wildman–Crippen LogP) is -17.0. The van der Waals surface area contributed by atoms with E-state index in [9.17, 15) is 0 Å². The summed E-state index contributed by atoms with van der Waals surface area (Å²) in [6.07, 6.45) is 0. The van der Waals surface area contributed by atoms with E-state index in [-0.39, 0.29) is 148 Å². The topological polar surface area (TPSA) is 60.7 Å². The van der Waals surface area contributed by atoms with Gasteiger partial charge >= 0.3 is 155 Å². The second-order valence-corrected chi connectivity index (χ2v) is 0.346. The van der Waals surface area contributed by atoms with Crippen molar-refractivity contribution < 1.29 is 163 Å². The summed E-state index contributed by atoms with van der Waals surface area (Å²) in [5.74, 6) is 0. The molecule has 0 aliphatic carbocycles. The molecule has 0 spiro atoms. The van der Waals surface area contributed by atoms with Crippen LogP contribution in [0.5, 0.6) is 0 Å². The van der Waals surface area contributed by atoms with Crippen LogP contribution in [-0.4, -0.2) is 22.4 Å². The van der Waals surface area contributed by atoms with Gasteiger partial charge in [0.15, 0.2) is 0 Å². The van der Waals surface area contributed by atoms with Crippen molar-refractivity contribution in [3.63, 3.8) is 0 Å². The van der Waals surface area contributed by atoms with Crippen LogP contribution >= 0.6 is 0 Å². The molecule has 0 fully saturated rings. The van der Waals surface area contributed by atoms with Crippen LogP contribution in [0.2, 0.25) is 0 Å². The first-order valence-corrected chi connectivity index (χ1v) is 0.775. The Morgan fingerprint density at radius 3 is 0.556 bits per heavy atom. The summed E-state index contributed by atoms with van der Waals surface area (Å²) < 4.78 is 0. The molecule has 24 valence electrons. The summed E-state index contributed by atoms with van der Waals surface area (Å²) in [7, 11) is -2.17. The maximum absolute atomic E-state index is 7.17. The van der Waals surface area contributed by atoms with Crippen molar-refractivity contribution in [2.45, 2.75) is 0 Å². The van der Waals surface area contributed by atoms with E-state index in [4.69, 9.17) is 15.1 Å². The van der Waals surface area contributed by atoms with Gasteiger partial charge in [0.2, 0.25) is 0 Å². The van der Waals surface area contributed by atoms with Crippen molar-refractivity contribution in [3.8, 4) is 0 Å². The fourth-order valence-electron chi connectivity index (χ4n) is 0. The minimum atomic E-state index is -2.17. The summed E-state index contributed by atoms with van der Waals surface area (Å²) in [6, 6.07) is 0. The van der Waals surface area contributed by atoms with Gasteiger partial charge in [0.25, 0.3) is 0 Å². The van der Waals surface area contributed by atoms with Crippen molar-refractivity contribution in [3.05, 3.63) is 0 Å². The van der Waals surface area contributed by atoms with Gasteiger partial charge in [-0.05, 0) is 0 Å². The summed E-state index contributed by atoms with van der Waals surface area (Å²) in [5.41, 5.74) is 0. The number of hydrogen-bond acceptors (Lipinski definition) is 3. The molecule has 0 aliphatic rings. The summed E-state index contributed by atoms with van der Waals surface area (Å²) in [5, 5.41) is 21.5. The molecule has 0 saturated heterocycles. The summed E-state index contributed by atoms with van der Waals surface area (Å²) >= 11 is 0. The SMILES string of the molecule is OB(O)O.[Na+].[Na+].[Na+].[Na+].[Na+]. The molecule has 3 N–H and O–H groups in total. The summed E-state index contributed by atoms with van der Waals surface area (Å²) in [4.78, 5) is 0. The molecule has 0 amide bonds. The van der Waals surface area contributed by atoms with Crippen LogP contribution in [0.25, 0.3) is 0 Å². The first-order chi connectivity index (χ1) is 1.73. The molecule has 0 aliphatic heterocycles. The maximum atomic E-state index is 7.17. The first kappa shape index (κ1) is 37.0. The Hall–Kier alpha value is 4.94. The fraction of sp³-hybridized carbons (Fsp3) is 0. The molecular weight excluding hydrogens is 174 g/mol. The van der Waals surface area contributed by atoms with Gasteiger partial charge in [-0.2, -0.15) is 0 Å². The third-order valence-electron chi connectivity index (χ3n) is 0. The number of rotatable bonds is 0. The first-order valence-electron chi connectivity index (χ1n) is 0.775. The van der Waals surface area contributed by atoms with Gasteiger partial charge in [0, 0.05) is 0 Å². The van der Waals surface area contributed by atoms with Crippen LogP contribution in [0.1, 0.15) is 0 Å². The van der Waals surface area contributed by atoms with E-state index in [0.717, 1.165) is 0 Å². The summed E-state index contributed by atoms with van der Waals surface area (Å²) in [6.45, 7) is 0. The van der Waals surface area contributed by atoms with Crippen LogP contribution in [0.15, 0.2) is 0 Å². The zero-order valence-electron chi connectivity index (χ0n) is 6.92. The average molecular weight is 177 g/mol. The second kappa shape index (κ2) is 29.3. The molecule has 9 heavy (non-hydrogen) atoms. The van der Waals surface area contributed by atoms with E-state index in [1.807, 2.05) is 0 Å². The third-order valence-corrected chi connectivity index (χ3v) is 0. The van der Waals surface area contributed by atoms with Crippen LogP contribution in [0.3, 0.4) is 0 Å². The smallest absolute Gasteiger partial charge is 0.402 e. The molecule has 9 heteroatoms. The van der Waals surface area contributed by atoms with E-state index in [0.29, 0.717) is 0 Å². The van der Waals surface area contributed by atoms with Gasteiger partial charge in [0.05, 0.1) is 0 Å². The molecule has 3 nitrogen and oxygen atoms in total. The maximum Gasteiger partial charge on any atom is 1.00 e. The van der Waals surface area contributed by atoms with E-state index < -0.39 is 7.32 Å². The molecule has 0 radical (unpaired) electrons. The van der Waals surface area contributed by atoms with E-state index >= 15 is 0 Å². The third kappa shape index (κ3) is 63.4. The molecule has 0 bridgehead atoms. The van der Waals surface area contributed by atoms with Crippen molar-refractivity contribution in [2.24, 2.45) is 0 Å². The zero-order valence-corrected chi connectivity index (χ0v) is 16.9. The van der Waals surface area contributed by atoms with Crippen LogP contribution in [-0.2, 0) is 0 Å². The van der Waals surface area contributed by atoms with Crippen molar-refractivity contribution in [1.29, 1.82) is 0 Å². The van der Waals surface area contributed by atoms with Crippen LogP contribution in [0, 0.1) is 0 Å². The van der Waals surface area contributed by atoms with Crippen LogP contribution in [0.4, 0.5) is 0 Å². The quantitative estimate of drug-likeness (QED) is 0.322. The molecule has 0 unspecified atom stereocenters. The Labute approximate surface area is 166 Å². The van der Waals surface area contributed by atoms with Gasteiger partial charge < -0.3 is 15.1 Å². The molecule has 0 saturated carbocycles. The molecule has 0 heterocycles. The molecule has 0 aromatic rings. The largest absolute Gasteiger partial charge is 1.00 e. The minimum absolute atomic E-state index is 0. The molecule has 0 aromatic carbocycles.